The number of hydrogen-bond donors (Lipinski definition) is 1. The number of benzene rings is 3. The summed E-state index contributed by atoms with van der Waals surface area (Å²) >= 11 is 0. The first kappa shape index (κ1) is 22.5. The normalized spacial score (nSPS) is 18.1. The Labute approximate surface area is 212 Å². The van der Waals surface area contributed by atoms with Gasteiger partial charge in [-0.15, -0.1) is 0 Å². The Morgan fingerprint density at radius 1 is 0.861 bits per heavy atom. The quantitative estimate of drug-likeness (QED) is 0.326. The Bertz CT molecular complexity index is 1570. The average Bonchev–Trinajstić information content (AvgIpc) is 3.31. The molecule has 1 saturated heterocycles. The number of nitrogens with zero attached hydrogens (tertiary/aromatic N) is 4. The molecule has 0 spiro atoms. The van der Waals surface area contributed by atoms with Crippen LogP contribution < -0.4 is 10.2 Å². The number of piperazine rings is 1. The molecule has 0 radical (unpaired) electrons. The second-order valence-corrected chi connectivity index (χ2v) is 9.97. The Kier molecular flexibility index (Phi) is 5.57. The van der Waals surface area contributed by atoms with Gasteiger partial charge in [0.25, 0.3) is 0 Å². The number of anilines is 1. The molecule has 2 atom stereocenters. The molecule has 6 rings (SSSR count). The molecule has 0 unspecified atom stereocenters. The molecule has 180 valence electrons. The Morgan fingerprint density at radius 3 is 2.33 bits per heavy atom. The van der Waals surface area contributed by atoms with E-state index in [9.17, 15) is 0 Å². The number of aromatic nitrogens is 3. The van der Waals surface area contributed by atoms with Crippen molar-refractivity contribution < 1.29 is 0 Å². The van der Waals surface area contributed by atoms with E-state index in [0.717, 1.165) is 46.6 Å². The van der Waals surface area contributed by atoms with E-state index in [1.165, 1.54) is 22.0 Å². The van der Waals surface area contributed by atoms with E-state index in [0.29, 0.717) is 12.1 Å². The van der Waals surface area contributed by atoms with Crippen LogP contribution in [0.2, 0.25) is 0 Å². The Morgan fingerprint density at radius 2 is 1.58 bits per heavy atom. The lowest BCUT2D eigenvalue weighted by atomic mass is 9.94. The van der Waals surface area contributed by atoms with Gasteiger partial charge < -0.3 is 10.2 Å². The van der Waals surface area contributed by atoms with E-state index < -0.39 is 0 Å². The van der Waals surface area contributed by atoms with Crippen molar-refractivity contribution in [1.29, 1.82) is 0 Å². The van der Waals surface area contributed by atoms with Gasteiger partial charge in [-0.2, -0.15) is 5.10 Å². The molecule has 36 heavy (non-hydrogen) atoms. The molecule has 3 heterocycles. The largest absolute Gasteiger partial charge is 0.364 e. The second-order valence-electron chi connectivity index (χ2n) is 9.97. The van der Waals surface area contributed by atoms with Crippen LogP contribution in [0.5, 0.6) is 0 Å². The van der Waals surface area contributed by atoms with Crippen LogP contribution in [0, 0.1) is 0 Å². The van der Waals surface area contributed by atoms with E-state index in [-0.39, 0.29) is 0 Å². The summed E-state index contributed by atoms with van der Waals surface area (Å²) in [5.74, 6) is 0. The highest BCUT2D eigenvalue weighted by atomic mass is 15.2. The van der Waals surface area contributed by atoms with Crippen molar-refractivity contribution in [3.05, 3.63) is 91.4 Å². The molecular weight excluding hydrogens is 442 g/mol. The van der Waals surface area contributed by atoms with E-state index in [4.69, 9.17) is 4.98 Å². The summed E-state index contributed by atoms with van der Waals surface area (Å²) in [5, 5.41) is 10.6. The van der Waals surface area contributed by atoms with Gasteiger partial charge >= 0.3 is 0 Å². The van der Waals surface area contributed by atoms with Crippen molar-refractivity contribution >= 4 is 27.7 Å². The summed E-state index contributed by atoms with van der Waals surface area (Å²) in [5.41, 5.74) is 8.70. The molecule has 2 aromatic heterocycles. The number of nitrogens with one attached hydrogen (secondary N) is 1. The lowest BCUT2D eigenvalue weighted by molar-refractivity contribution is 0.432. The van der Waals surface area contributed by atoms with Crippen LogP contribution in [0.3, 0.4) is 0 Å². The SMILES string of the molecule is C=C(C)c1cccc2c(-c3cnn4cc(-c5ccc(N6[C@H](C)CNC[C@@H]6C)cc5)cnc34)cccc12. The van der Waals surface area contributed by atoms with Gasteiger partial charge in [0, 0.05) is 54.4 Å². The van der Waals surface area contributed by atoms with Crippen molar-refractivity contribution in [2.45, 2.75) is 32.9 Å². The van der Waals surface area contributed by atoms with Gasteiger partial charge in [0.05, 0.1) is 6.20 Å². The highest BCUT2D eigenvalue weighted by molar-refractivity contribution is 6.03. The van der Waals surface area contributed by atoms with E-state index in [2.05, 4.69) is 110 Å². The lowest BCUT2D eigenvalue weighted by Gasteiger charge is -2.41. The lowest BCUT2D eigenvalue weighted by Crippen LogP contribution is -2.55. The molecule has 5 heteroatoms. The Balaban J connectivity index is 1.36. The molecule has 0 saturated carbocycles. The maximum absolute atomic E-state index is 4.86. The summed E-state index contributed by atoms with van der Waals surface area (Å²) < 4.78 is 1.89. The van der Waals surface area contributed by atoms with Gasteiger partial charge in [-0.3, -0.25) is 0 Å². The number of allylic oxidation sites excluding steroid dienone is 1. The standard InChI is InChI=1S/C31H31N5/c1-20(2)26-7-5-9-28-27(26)8-6-10-29(28)30-18-34-35-19-24(17-33-31(30)35)23-11-13-25(14-12-23)36-21(3)15-32-16-22(36)4/h5-14,17-19,21-22,32H,1,15-16H2,2-4H3/t21-,22+. The van der Waals surface area contributed by atoms with Crippen LogP contribution in [0.15, 0.2) is 85.8 Å². The number of rotatable bonds is 4. The summed E-state index contributed by atoms with van der Waals surface area (Å²) in [6, 6.07) is 22.6. The first-order valence-electron chi connectivity index (χ1n) is 12.6. The fraction of sp³-hybridized carbons (Fsp3) is 0.226. The predicted octanol–water partition coefficient (Wildman–Crippen LogP) is 6.44. The van der Waals surface area contributed by atoms with Crippen LogP contribution in [-0.2, 0) is 0 Å². The van der Waals surface area contributed by atoms with Crippen molar-refractivity contribution in [3.63, 3.8) is 0 Å². The zero-order valence-corrected chi connectivity index (χ0v) is 21.1. The summed E-state index contributed by atoms with van der Waals surface area (Å²) in [4.78, 5) is 7.36. The van der Waals surface area contributed by atoms with E-state index in [1.807, 2.05) is 16.9 Å². The highest BCUT2D eigenvalue weighted by Crippen LogP contribution is 2.34. The third-order valence-electron chi connectivity index (χ3n) is 7.36. The molecular formula is C31H31N5. The van der Waals surface area contributed by atoms with E-state index >= 15 is 0 Å². The third kappa shape index (κ3) is 3.76. The summed E-state index contributed by atoms with van der Waals surface area (Å²) in [6.07, 6.45) is 5.95. The van der Waals surface area contributed by atoms with Crippen LogP contribution >= 0.6 is 0 Å². The Hall–Kier alpha value is -3.96. The average molecular weight is 474 g/mol. The molecule has 0 bridgehead atoms. The minimum Gasteiger partial charge on any atom is -0.364 e. The van der Waals surface area contributed by atoms with Gasteiger partial charge in [0.2, 0.25) is 0 Å². The molecule has 1 N–H and O–H groups in total. The fourth-order valence-electron chi connectivity index (χ4n) is 5.60. The maximum atomic E-state index is 4.86. The predicted molar refractivity (Wildman–Crippen MR) is 150 cm³/mol. The third-order valence-corrected chi connectivity index (χ3v) is 7.36. The van der Waals surface area contributed by atoms with Gasteiger partial charge in [0.15, 0.2) is 5.65 Å². The molecule has 1 aliphatic rings. The topological polar surface area (TPSA) is 45.5 Å². The zero-order valence-electron chi connectivity index (χ0n) is 21.1. The van der Waals surface area contributed by atoms with Crippen LogP contribution in [0.4, 0.5) is 5.69 Å². The van der Waals surface area contributed by atoms with Crippen molar-refractivity contribution in [1.82, 2.24) is 19.9 Å². The van der Waals surface area contributed by atoms with Gasteiger partial charge in [-0.1, -0.05) is 60.7 Å². The second kappa shape index (κ2) is 8.92. The summed E-state index contributed by atoms with van der Waals surface area (Å²) in [7, 11) is 0. The van der Waals surface area contributed by atoms with Crippen molar-refractivity contribution in [3.8, 4) is 22.3 Å². The van der Waals surface area contributed by atoms with Crippen molar-refractivity contribution in [2.24, 2.45) is 0 Å². The summed E-state index contributed by atoms with van der Waals surface area (Å²) in [6.45, 7) is 12.8. The van der Waals surface area contributed by atoms with Crippen LogP contribution in [-0.4, -0.2) is 39.8 Å². The molecule has 0 amide bonds. The molecule has 1 aliphatic heterocycles. The van der Waals surface area contributed by atoms with Crippen LogP contribution in [0.25, 0.3) is 44.2 Å². The zero-order chi connectivity index (χ0) is 24.8. The van der Waals surface area contributed by atoms with Crippen molar-refractivity contribution in [2.75, 3.05) is 18.0 Å². The monoisotopic (exact) mass is 473 g/mol. The number of fused-ring (bicyclic) bond motifs is 2. The minimum absolute atomic E-state index is 0.473. The first-order valence-corrected chi connectivity index (χ1v) is 12.6. The van der Waals surface area contributed by atoms with Gasteiger partial charge in [-0.05, 0) is 60.4 Å². The maximum Gasteiger partial charge on any atom is 0.162 e. The van der Waals surface area contributed by atoms with Crippen LogP contribution in [0.1, 0.15) is 26.3 Å². The molecule has 5 nitrogen and oxygen atoms in total. The fourth-order valence-corrected chi connectivity index (χ4v) is 5.60. The number of hydrogen-bond acceptors (Lipinski definition) is 4. The molecule has 5 aromatic rings. The highest BCUT2D eigenvalue weighted by Gasteiger charge is 2.24. The van der Waals surface area contributed by atoms with E-state index in [1.54, 1.807) is 0 Å². The molecule has 1 fully saturated rings. The first-order chi connectivity index (χ1) is 17.5. The minimum atomic E-state index is 0.473. The van der Waals surface area contributed by atoms with Gasteiger partial charge in [-0.25, -0.2) is 9.50 Å². The molecule has 3 aromatic carbocycles. The smallest absolute Gasteiger partial charge is 0.162 e. The van der Waals surface area contributed by atoms with Gasteiger partial charge in [0.1, 0.15) is 0 Å². The molecule has 0 aliphatic carbocycles.